The van der Waals surface area contributed by atoms with E-state index in [0.29, 0.717) is 17.8 Å². The molecule has 2 N–H and O–H groups in total. The van der Waals surface area contributed by atoms with Crippen LogP contribution in [0.25, 0.3) is 5.69 Å². The predicted octanol–water partition coefficient (Wildman–Crippen LogP) is 3.29. The number of hydrogen-bond acceptors (Lipinski definition) is 3. The third kappa shape index (κ3) is 3.52. The topological polar surface area (TPSA) is 59.0 Å². The van der Waals surface area contributed by atoms with Crippen molar-refractivity contribution in [2.24, 2.45) is 0 Å². The maximum absolute atomic E-state index is 13.9. The largest absolute Gasteiger partial charge is 0.378 e. The van der Waals surface area contributed by atoms with Crippen LogP contribution in [-0.4, -0.2) is 22.7 Å². The van der Waals surface area contributed by atoms with Crippen LogP contribution >= 0.6 is 0 Å². The van der Waals surface area contributed by atoms with Crippen LogP contribution in [0.2, 0.25) is 0 Å². The van der Waals surface area contributed by atoms with Crippen molar-refractivity contribution in [3.63, 3.8) is 0 Å². The number of carbonyl (C=O) groups excluding carboxylic acids is 1. The summed E-state index contributed by atoms with van der Waals surface area (Å²) in [5, 5.41) is 10.2. The normalized spacial score (nSPS) is 10.5. The number of rotatable bonds is 5. The van der Waals surface area contributed by atoms with E-state index in [1.807, 2.05) is 19.1 Å². The highest BCUT2D eigenvalue weighted by Gasteiger charge is 2.11. The first-order valence-electron chi connectivity index (χ1n) is 7.94. The SMILES string of the molecule is CNC(=O)c1ccc(CNc2cnn(-c3ccccc3F)c2C)cc1. The van der Waals surface area contributed by atoms with Gasteiger partial charge in [-0.2, -0.15) is 5.10 Å². The highest BCUT2D eigenvalue weighted by molar-refractivity contribution is 5.93. The van der Waals surface area contributed by atoms with Crippen molar-refractivity contribution in [3.8, 4) is 5.69 Å². The van der Waals surface area contributed by atoms with E-state index in [9.17, 15) is 9.18 Å². The van der Waals surface area contributed by atoms with Crippen LogP contribution in [0.15, 0.2) is 54.7 Å². The summed E-state index contributed by atoms with van der Waals surface area (Å²) >= 11 is 0. The number of halogens is 1. The van der Waals surface area contributed by atoms with Crippen LogP contribution in [0.3, 0.4) is 0 Å². The molecule has 1 amide bonds. The molecule has 0 atom stereocenters. The molecule has 1 aromatic heterocycles. The van der Waals surface area contributed by atoms with Crippen LogP contribution in [0.4, 0.5) is 10.1 Å². The fourth-order valence-electron chi connectivity index (χ4n) is 2.57. The van der Waals surface area contributed by atoms with Gasteiger partial charge in [0.25, 0.3) is 5.91 Å². The van der Waals surface area contributed by atoms with Gasteiger partial charge in [-0.3, -0.25) is 4.79 Å². The van der Waals surface area contributed by atoms with Gasteiger partial charge in [-0.15, -0.1) is 0 Å². The van der Waals surface area contributed by atoms with Crippen LogP contribution in [0.5, 0.6) is 0 Å². The summed E-state index contributed by atoms with van der Waals surface area (Å²) in [6, 6.07) is 13.9. The van der Waals surface area contributed by atoms with Crippen molar-refractivity contribution in [1.29, 1.82) is 0 Å². The zero-order valence-electron chi connectivity index (χ0n) is 14.1. The number of carbonyl (C=O) groups is 1. The Morgan fingerprint density at radius 1 is 1.16 bits per heavy atom. The lowest BCUT2D eigenvalue weighted by Gasteiger charge is -2.09. The number of nitrogens with zero attached hydrogens (tertiary/aromatic N) is 2. The van der Waals surface area contributed by atoms with Gasteiger partial charge >= 0.3 is 0 Å². The maximum Gasteiger partial charge on any atom is 0.251 e. The van der Waals surface area contributed by atoms with E-state index in [-0.39, 0.29) is 11.7 Å². The van der Waals surface area contributed by atoms with Crippen LogP contribution < -0.4 is 10.6 Å². The lowest BCUT2D eigenvalue weighted by Crippen LogP contribution is -2.17. The minimum Gasteiger partial charge on any atom is -0.378 e. The van der Waals surface area contributed by atoms with E-state index < -0.39 is 0 Å². The van der Waals surface area contributed by atoms with Crippen LogP contribution in [-0.2, 0) is 6.54 Å². The molecular formula is C19H19FN4O. The number of anilines is 1. The molecule has 0 radical (unpaired) electrons. The maximum atomic E-state index is 13.9. The number of aromatic nitrogens is 2. The molecule has 0 saturated heterocycles. The summed E-state index contributed by atoms with van der Waals surface area (Å²) in [6.45, 7) is 2.47. The highest BCUT2D eigenvalue weighted by atomic mass is 19.1. The number of para-hydroxylation sites is 1. The Kier molecular flexibility index (Phi) is 4.79. The summed E-state index contributed by atoms with van der Waals surface area (Å²) < 4.78 is 15.5. The minimum atomic E-state index is -0.315. The Balaban J connectivity index is 1.72. The molecule has 0 aliphatic carbocycles. The molecule has 0 saturated carbocycles. The zero-order chi connectivity index (χ0) is 17.8. The van der Waals surface area contributed by atoms with Gasteiger partial charge in [0.1, 0.15) is 11.5 Å². The molecule has 5 nitrogen and oxygen atoms in total. The third-order valence-corrected chi connectivity index (χ3v) is 4.02. The summed E-state index contributed by atoms with van der Waals surface area (Å²) in [5.74, 6) is -0.424. The average Bonchev–Trinajstić information content (AvgIpc) is 3.00. The third-order valence-electron chi connectivity index (χ3n) is 4.02. The molecule has 0 fully saturated rings. The van der Waals surface area contributed by atoms with Gasteiger partial charge in [0.05, 0.1) is 17.6 Å². The predicted molar refractivity (Wildman–Crippen MR) is 95.4 cm³/mol. The number of hydrogen-bond donors (Lipinski definition) is 2. The van der Waals surface area contributed by atoms with E-state index in [4.69, 9.17) is 0 Å². The summed E-state index contributed by atoms with van der Waals surface area (Å²) in [6.07, 6.45) is 1.68. The second-order valence-corrected chi connectivity index (χ2v) is 5.64. The smallest absolute Gasteiger partial charge is 0.251 e. The van der Waals surface area contributed by atoms with Crippen molar-refractivity contribution in [1.82, 2.24) is 15.1 Å². The summed E-state index contributed by atoms with van der Waals surface area (Å²) in [5.41, 5.74) is 3.73. The van der Waals surface area contributed by atoms with E-state index >= 15 is 0 Å². The Morgan fingerprint density at radius 2 is 1.88 bits per heavy atom. The lowest BCUT2D eigenvalue weighted by molar-refractivity contribution is 0.0963. The zero-order valence-corrected chi connectivity index (χ0v) is 14.1. The standard InChI is InChI=1S/C19H19FN4O/c1-13-17(12-23-24(13)18-6-4-3-5-16(18)20)22-11-14-7-9-15(10-8-14)19(25)21-2/h3-10,12,22H,11H2,1-2H3,(H,21,25). The van der Waals surface area contributed by atoms with E-state index in [2.05, 4.69) is 15.7 Å². The van der Waals surface area contributed by atoms with Gasteiger partial charge in [0.15, 0.2) is 0 Å². The quantitative estimate of drug-likeness (QED) is 0.750. The molecule has 1 heterocycles. The first-order valence-corrected chi connectivity index (χ1v) is 7.94. The first-order chi connectivity index (χ1) is 12.1. The van der Waals surface area contributed by atoms with E-state index in [1.54, 1.807) is 48.3 Å². The van der Waals surface area contributed by atoms with Gasteiger partial charge in [0.2, 0.25) is 0 Å². The molecule has 2 aromatic carbocycles. The highest BCUT2D eigenvalue weighted by Crippen LogP contribution is 2.21. The Hall–Kier alpha value is -3.15. The molecule has 3 rings (SSSR count). The minimum absolute atomic E-state index is 0.110. The lowest BCUT2D eigenvalue weighted by atomic mass is 10.1. The van der Waals surface area contributed by atoms with Crippen LogP contribution in [0.1, 0.15) is 21.6 Å². The first kappa shape index (κ1) is 16.7. The van der Waals surface area contributed by atoms with Crippen molar-refractivity contribution in [2.45, 2.75) is 13.5 Å². The second-order valence-electron chi connectivity index (χ2n) is 5.64. The van der Waals surface area contributed by atoms with Gasteiger partial charge in [-0.05, 0) is 36.8 Å². The fourth-order valence-corrected chi connectivity index (χ4v) is 2.57. The van der Waals surface area contributed by atoms with Gasteiger partial charge in [-0.1, -0.05) is 24.3 Å². The van der Waals surface area contributed by atoms with E-state index in [1.165, 1.54) is 6.07 Å². The monoisotopic (exact) mass is 338 g/mol. The molecule has 128 valence electrons. The Labute approximate surface area is 145 Å². The van der Waals surface area contributed by atoms with Crippen molar-refractivity contribution >= 4 is 11.6 Å². The molecule has 3 aromatic rings. The molecule has 0 aliphatic heterocycles. The Morgan fingerprint density at radius 3 is 2.56 bits per heavy atom. The van der Waals surface area contributed by atoms with Crippen molar-refractivity contribution < 1.29 is 9.18 Å². The van der Waals surface area contributed by atoms with Gasteiger partial charge in [0, 0.05) is 19.2 Å². The molecule has 6 heteroatoms. The molecule has 0 bridgehead atoms. The molecule has 25 heavy (non-hydrogen) atoms. The van der Waals surface area contributed by atoms with Gasteiger partial charge in [-0.25, -0.2) is 9.07 Å². The summed E-state index contributed by atoms with van der Waals surface area (Å²) in [4.78, 5) is 11.5. The number of amides is 1. The fraction of sp³-hybridized carbons (Fsp3) is 0.158. The number of nitrogens with one attached hydrogen (secondary N) is 2. The average molecular weight is 338 g/mol. The second kappa shape index (κ2) is 7.17. The van der Waals surface area contributed by atoms with Gasteiger partial charge < -0.3 is 10.6 Å². The van der Waals surface area contributed by atoms with E-state index in [0.717, 1.165) is 16.9 Å². The Bertz CT molecular complexity index is 887. The summed E-state index contributed by atoms with van der Waals surface area (Å²) in [7, 11) is 1.60. The molecule has 0 spiro atoms. The van der Waals surface area contributed by atoms with Crippen molar-refractivity contribution in [3.05, 3.63) is 77.4 Å². The van der Waals surface area contributed by atoms with Crippen molar-refractivity contribution in [2.75, 3.05) is 12.4 Å². The number of benzene rings is 2. The molecular weight excluding hydrogens is 319 g/mol. The molecule has 0 unspecified atom stereocenters. The molecule has 0 aliphatic rings. The van der Waals surface area contributed by atoms with Crippen LogP contribution in [0, 0.1) is 12.7 Å².